The Morgan fingerprint density at radius 2 is 1.78 bits per heavy atom. The maximum absolute atomic E-state index is 12.5. The van der Waals surface area contributed by atoms with Crippen LogP contribution in [0.3, 0.4) is 0 Å². The van der Waals surface area contributed by atoms with E-state index in [1.54, 1.807) is 6.07 Å². The second kappa shape index (κ2) is 9.25. The van der Waals surface area contributed by atoms with Crippen LogP contribution < -0.4 is 10.1 Å². The lowest BCUT2D eigenvalue weighted by Crippen LogP contribution is -2.42. The van der Waals surface area contributed by atoms with Crippen LogP contribution in [0.4, 0.5) is 0 Å². The molecule has 0 aromatic heterocycles. The summed E-state index contributed by atoms with van der Waals surface area (Å²) in [6, 6.07) is 7.50. The van der Waals surface area contributed by atoms with Gasteiger partial charge in [-0.15, -0.1) is 0 Å². The van der Waals surface area contributed by atoms with Crippen molar-refractivity contribution in [3.63, 3.8) is 0 Å². The molecule has 1 saturated heterocycles. The van der Waals surface area contributed by atoms with Gasteiger partial charge < -0.3 is 15.0 Å². The third-order valence-electron chi connectivity index (χ3n) is 5.66. The second-order valence-electron chi connectivity index (χ2n) is 8.19. The number of benzene rings is 1. The fourth-order valence-corrected chi connectivity index (χ4v) is 4.08. The van der Waals surface area contributed by atoms with Crippen LogP contribution in [0.1, 0.15) is 62.7 Å². The summed E-state index contributed by atoms with van der Waals surface area (Å²) in [5, 5.41) is 2.92. The van der Waals surface area contributed by atoms with Gasteiger partial charge in [-0.25, -0.2) is 0 Å². The lowest BCUT2D eigenvalue weighted by Gasteiger charge is -2.33. The zero-order valence-corrected chi connectivity index (χ0v) is 16.6. The number of carbonyl (C=O) groups is 2. The minimum atomic E-state index is -0.0995. The molecule has 0 radical (unpaired) electrons. The van der Waals surface area contributed by atoms with Crippen molar-refractivity contribution >= 4 is 11.8 Å². The number of piperidine rings is 1. The summed E-state index contributed by atoms with van der Waals surface area (Å²) in [5.74, 6) is 1.60. The Bertz CT molecular complexity index is 645. The fourth-order valence-electron chi connectivity index (χ4n) is 4.08. The van der Waals surface area contributed by atoms with Crippen LogP contribution in [-0.4, -0.2) is 42.5 Å². The Hall–Kier alpha value is -2.04. The van der Waals surface area contributed by atoms with Crippen LogP contribution >= 0.6 is 0 Å². The molecule has 0 bridgehead atoms. The molecule has 1 N–H and O–H groups in total. The lowest BCUT2D eigenvalue weighted by atomic mass is 9.96. The minimum Gasteiger partial charge on any atom is -0.492 e. The molecule has 5 heteroatoms. The highest BCUT2D eigenvalue weighted by Crippen LogP contribution is 2.29. The monoisotopic (exact) mass is 372 g/mol. The van der Waals surface area contributed by atoms with E-state index in [0.29, 0.717) is 29.7 Å². The Kier molecular flexibility index (Phi) is 6.75. The molecule has 27 heavy (non-hydrogen) atoms. The van der Waals surface area contributed by atoms with Crippen molar-refractivity contribution in [2.45, 2.75) is 58.4 Å². The van der Waals surface area contributed by atoms with E-state index in [4.69, 9.17) is 4.74 Å². The van der Waals surface area contributed by atoms with Crippen molar-refractivity contribution < 1.29 is 14.3 Å². The number of hydrogen-bond donors (Lipinski definition) is 1. The van der Waals surface area contributed by atoms with Crippen LogP contribution in [0.25, 0.3) is 0 Å². The summed E-state index contributed by atoms with van der Waals surface area (Å²) >= 11 is 0. The largest absolute Gasteiger partial charge is 0.492 e. The molecule has 1 aliphatic heterocycles. The molecule has 148 valence electrons. The maximum atomic E-state index is 12.5. The summed E-state index contributed by atoms with van der Waals surface area (Å²) < 4.78 is 6.01. The average Bonchev–Trinajstić information content (AvgIpc) is 3.20. The van der Waals surface area contributed by atoms with Gasteiger partial charge in [-0.1, -0.05) is 25.0 Å². The summed E-state index contributed by atoms with van der Waals surface area (Å²) in [6.45, 7) is 6.15. The topological polar surface area (TPSA) is 58.6 Å². The number of carbonyl (C=O) groups excluding carboxylic acids is 2. The van der Waals surface area contributed by atoms with E-state index in [-0.39, 0.29) is 17.9 Å². The first-order chi connectivity index (χ1) is 13.0. The Balaban J connectivity index is 1.49. The highest BCUT2D eigenvalue weighted by Gasteiger charge is 2.30. The van der Waals surface area contributed by atoms with Crippen LogP contribution in [0.5, 0.6) is 5.75 Å². The fraction of sp³-hybridized carbons (Fsp3) is 0.636. The van der Waals surface area contributed by atoms with E-state index in [1.807, 2.05) is 32.0 Å². The van der Waals surface area contributed by atoms with Gasteiger partial charge >= 0.3 is 0 Å². The summed E-state index contributed by atoms with van der Waals surface area (Å²) in [4.78, 5) is 26.9. The lowest BCUT2D eigenvalue weighted by molar-refractivity contribution is -0.136. The quantitative estimate of drug-likeness (QED) is 0.829. The highest BCUT2D eigenvalue weighted by molar-refractivity contribution is 5.97. The molecule has 0 atom stereocenters. The summed E-state index contributed by atoms with van der Waals surface area (Å²) in [7, 11) is 0. The second-order valence-corrected chi connectivity index (χ2v) is 8.19. The van der Waals surface area contributed by atoms with Crippen molar-refractivity contribution in [3.8, 4) is 5.75 Å². The Morgan fingerprint density at radius 1 is 1.11 bits per heavy atom. The molecule has 0 unspecified atom stereocenters. The van der Waals surface area contributed by atoms with Crippen LogP contribution in [-0.2, 0) is 4.79 Å². The van der Waals surface area contributed by atoms with Crippen molar-refractivity contribution in [2.75, 3.05) is 19.7 Å². The van der Waals surface area contributed by atoms with Crippen LogP contribution in [0.15, 0.2) is 24.3 Å². The first-order valence-corrected chi connectivity index (χ1v) is 10.4. The van der Waals surface area contributed by atoms with Crippen molar-refractivity contribution in [2.24, 2.45) is 11.8 Å². The van der Waals surface area contributed by atoms with E-state index in [2.05, 4.69) is 10.2 Å². The van der Waals surface area contributed by atoms with E-state index < -0.39 is 0 Å². The Morgan fingerprint density at radius 3 is 2.44 bits per heavy atom. The van der Waals surface area contributed by atoms with Gasteiger partial charge in [-0.05, 0) is 57.6 Å². The van der Waals surface area contributed by atoms with E-state index >= 15 is 0 Å². The zero-order valence-electron chi connectivity index (χ0n) is 16.6. The van der Waals surface area contributed by atoms with Crippen LogP contribution in [0, 0.1) is 11.8 Å². The number of nitrogens with zero attached hydrogens (tertiary/aromatic N) is 1. The first-order valence-electron chi connectivity index (χ1n) is 10.4. The molecule has 2 aliphatic rings. The molecule has 1 heterocycles. The zero-order chi connectivity index (χ0) is 19.2. The van der Waals surface area contributed by atoms with E-state index in [1.165, 1.54) is 12.8 Å². The maximum Gasteiger partial charge on any atom is 0.255 e. The van der Waals surface area contributed by atoms with Crippen LogP contribution in [0.2, 0.25) is 0 Å². The van der Waals surface area contributed by atoms with Crippen molar-refractivity contribution in [1.29, 1.82) is 0 Å². The molecule has 2 fully saturated rings. The molecule has 1 aromatic carbocycles. The Labute approximate surface area is 162 Å². The highest BCUT2D eigenvalue weighted by atomic mass is 16.5. The third kappa shape index (κ3) is 5.24. The van der Waals surface area contributed by atoms with Gasteiger partial charge in [0.1, 0.15) is 5.75 Å². The average molecular weight is 373 g/mol. The van der Waals surface area contributed by atoms with Gasteiger partial charge in [-0.2, -0.15) is 0 Å². The van der Waals surface area contributed by atoms with Gasteiger partial charge in [0.15, 0.2) is 0 Å². The molecule has 5 nitrogen and oxygen atoms in total. The predicted molar refractivity (Wildman–Crippen MR) is 106 cm³/mol. The molecule has 3 rings (SSSR count). The standard InChI is InChI=1S/C22H32N2O3/c1-16(2)23-21(25)19-9-5-6-10-20(19)27-15-17-11-13-24(14-12-17)22(26)18-7-3-4-8-18/h5-6,9-10,16-18H,3-4,7-8,11-15H2,1-2H3,(H,23,25). The normalized spacial score (nSPS) is 18.7. The van der Waals surface area contributed by atoms with Gasteiger partial charge in [0.2, 0.25) is 5.91 Å². The van der Waals surface area contributed by atoms with Crippen molar-refractivity contribution in [3.05, 3.63) is 29.8 Å². The number of likely N-dealkylation sites (tertiary alicyclic amines) is 1. The van der Waals surface area contributed by atoms with Gasteiger partial charge in [0.05, 0.1) is 12.2 Å². The molecular formula is C22H32N2O3. The SMILES string of the molecule is CC(C)NC(=O)c1ccccc1OCC1CCN(C(=O)C2CCCC2)CC1. The van der Waals surface area contributed by atoms with Gasteiger partial charge in [0.25, 0.3) is 5.91 Å². The number of para-hydroxylation sites is 1. The third-order valence-corrected chi connectivity index (χ3v) is 5.66. The van der Waals surface area contributed by atoms with E-state index in [9.17, 15) is 9.59 Å². The number of ether oxygens (including phenoxy) is 1. The predicted octanol–water partition coefficient (Wildman–Crippen LogP) is 3.63. The molecule has 0 spiro atoms. The summed E-state index contributed by atoms with van der Waals surface area (Å²) in [6.07, 6.45) is 6.47. The van der Waals surface area contributed by atoms with Gasteiger partial charge in [-0.3, -0.25) is 9.59 Å². The van der Waals surface area contributed by atoms with E-state index in [0.717, 1.165) is 38.8 Å². The number of rotatable bonds is 6. The number of amides is 2. The minimum absolute atomic E-state index is 0.0901. The number of hydrogen-bond acceptors (Lipinski definition) is 3. The number of nitrogens with one attached hydrogen (secondary N) is 1. The molecular weight excluding hydrogens is 340 g/mol. The smallest absolute Gasteiger partial charge is 0.255 e. The summed E-state index contributed by atoms with van der Waals surface area (Å²) in [5.41, 5.74) is 0.583. The van der Waals surface area contributed by atoms with Gasteiger partial charge in [0, 0.05) is 25.0 Å². The molecule has 1 aromatic rings. The molecule has 2 amide bonds. The first kappa shape index (κ1) is 19.7. The van der Waals surface area contributed by atoms with Crippen molar-refractivity contribution in [1.82, 2.24) is 10.2 Å². The molecule has 1 aliphatic carbocycles. The molecule has 1 saturated carbocycles.